The van der Waals surface area contributed by atoms with Gasteiger partial charge in [0.15, 0.2) is 0 Å². The van der Waals surface area contributed by atoms with Gasteiger partial charge in [0.2, 0.25) is 0 Å². The summed E-state index contributed by atoms with van der Waals surface area (Å²) in [5.41, 5.74) is 2.11. The minimum atomic E-state index is -0.586. The van der Waals surface area contributed by atoms with Gasteiger partial charge in [-0.05, 0) is 50.6 Å². The van der Waals surface area contributed by atoms with E-state index >= 15 is 0 Å². The van der Waals surface area contributed by atoms with E-state index in [1.165, 1.54) is 4.68 Å². The van der Waals surface area contributed by atoms with Crippen LogP contribution in [0.2, 0.25) is 0 Å². The van der Waals surface area contributed by atoms with Crippen molar-refractivity contribution in [1.82, 2.24) is 14.3 Å². The van der Waals surface area contributed by atoms with Crippen LogP contribution in [0.15, 0.2) is 53.5 Å². The van der Waals surface area contributed by atoms with Crippen molar-refractivity contribution in [3.05, 3.63) is 64.6 Å². The lowest BCUT2D eigenvalue weighted by atomic mass is 10.2. The van der Waals surface area contributed by atoms with E-state index < -0.39 is 11.7 Å². The zero-order chi connectivity index (χ0) is 23.0. The number of carbonyl (C=O) groups is 1. The van der Waals surface area contributed by atoms with Crippen molar-refractivity contribution in [1.29, 1.82) is 0 Å². The number of carbonyl (C=O) groups excluding carboxylic acids is 1. The molecule has 2 aromatic heterocycles. The summed E-state index contributed by atoms with van der Waals surface area (Å²) < 4.78 is 13.9. The van der Waals surface area contributed by atoms with Gasteiger partial charge < -0.3 is 14.0 Å². The standard InChI is InChI=1S/C24H26N4O4/c1-24(2,3)32-23(30)26-16-8-6-7-15(11-16)14-28-22(29)21-19(13-25-28)18-10-9-17(31-5)12-20(18)27(21)4/h6-13H,14H2,1-5H3,(H,26,30). The Labute approximate surface area is 185 Å². The summed E-state index contributed by atoms with van der Waals surface area (Å²) in [7, 11) is 3.48. The maximum atomic E-state index is 13.3. The predicted octanol–water partition coefficient (Wildman–Crippen LogP) is 4.29. The van der Waals surface area contributed by atoms with Crippen LogP contribution in [0, 0.1) is 0 Å². The summed E-state index contributed by atoms with van der Waals surface area (Å²) in [6.45, 7) is 5.68. The van der Waals surface area contributed by atoms with Crippen molar-refractivity contribution >= 4 is 33.6 Å². The molecule has 0 atom stereocenters. The lowest BCUT2D eigenvalue weighted by molar-refractivity contribution is 0.0636. The third kappa shape index (κ3) is 4.16. The first kappa shape index (κ1) is 21.4. The fourth-order valence-corrected chi connectivity index (χ4v) is 3.72. The van der Waals surface area contributed by atoms with Gasteiger partial charge in [-0.3, -0.25) is 10.1 Å². The highest BCUT2D eigenvalue weighted by atomic mass is 16.6. The predicted molar refractivity (Wildman–Crippen MR) is 124 cm³/mol. The average molecular weight is 434 g/mol. The van der Waals surface area contributed by atoms with E-state index in [-0.39, 0.29) is 12.1 Å². The number of rotatable bonds is 4. The maximum Gasteiger partial charge on any atom is 0.412 e. The summed E-state index contributed by atoms with van der Waals surface area (Å²) >= 11 is 0. The van der Waals surface area contributed by atoms with E-state index in [1.54, 1.807) is 46.2 Å². The number of benzene rings is 2. The highest BCUT2D eigenvalue weighted by Gasteiger charge is 2.17. The molecule has 0 unspecified atom stereocenters. The summed E-state index contributed by atoms with van der Waals surface area (Å²) in [5, 5.41) is 8.86. The Hall–Kier alpha value is -3.81. The van der Waals surface area contributed by atoms with Gasteiger partial charge >= 0.3 is 6.09 Å². The van der Waals surface area contributed by atoms with Crippen molar-refractivity contribution < 1.29 is 14.3 Å². The molecule has 4 aromatic rings. The quantitative estimate of drug-likeness (QED) is 0.518. The number of methoxy groups -OCH3 is 1. The number of fused-ring (bicyclic) bond motifs is 3. The van der Waals surface area contributed by atoms with Gasteiger partial charge in [-0.1, -0.05) is 12.1 Å². The van der Waals surface area contributed by atoms with Crippen molar-refractivity contribution in [3.63, 3.8) is 0 Å². The van der Waals surface area contributed by atoms with Crippen LogP contribution in [0.5, 0.6) is 5.75 Å². The van der Waals surface area contributed by atoms with E-state index in [0.29, 0.717) is 11.2 Å². The second-order valence-corrected chi connectivity index (χ2v) is 8.64. The van der Waals surface area contributed by atoms with Crippen LogP contribution < -0.4 is 15.6 Å². The maximum absolute atomic E-state index is 13.3. The van der Waals surface area contributed by atoms with E-state index in [0.717, 1.165) is 27.6 Å². The molecular weight excluding hydrogens is 408 g/mol. The smallest absolute Gasteiger partial charge is 0.412 e. The Morgan fingerprint density at radius 3 is 2.62 bits per heavy atom. The number of hydrogen-bond donors (Lipinski definition) is 1. The van der Waals surface area contributed by atoms with Gasteiger partial charge in [-0.2, -0.15) is 5.10 Å². The van der Waals surface area contributed by atoms with Gasteiger partial charge in [-0.15, -0.1) is 0 Å². The molecule has 8 nitrogen and oxygen atoms in total. The van der Waals surface area contributed by atoms with Crippen LogP contribution in [0.3, 0.4) is 0 Å². The van der Waals surface area contributed by atoms with Gasteiger partial charge in [0.05, 0.1) is 25.4 Å². The second kappa shape index (κ2) is 8.03. The monoisotopic (exact) mass is 434 g/mol. The van der Waals surface area contributed by atoms with E-state index in [4.69, 9.17) is 9.47 Å². The molecule has 0 saturated carbocycles. The Bertz CT molecular complexity index is 1380. The lowest BCUT2D eigenvalue weighted by Crippen LogP contribution is -2.27. The van der Waals surface area contributed by atoms with E-state index in [2.05, 4.69) is 10.4 Å². The normalized spacial score (nSPS) is 11.7. The lowest BCUT2D eigenvalue weighted by Gasteiger charge is -2.19. The number of nitrogens with zero attached hydrogens (tertiary/aromatic N) is 3. The summed E-state index contributed by atoms with van der Waals surface area (Å²) in [5.74, 6) is 0.728. The van der Waals surface area contributed by atoms with Crippen LogP contribution >= 0.6 is 0 Å². The molecule has 2 heterocycles. The van der Waals surface area contributed by atoms with Gasteiger partial charge in [0.1, 0.15) is 16.9 Å². The van der Waals surface area contributed by atoms with Gasteiger partial charge in [0.25, 0.3) is 5.56 Å². The molecule has 166 valence electrons. The molecule has 0 saturated heterocycles. The number of aryl methyl sites for hydroxylation is 1. The van der Waals surface area contributed by atoms with Gasteiger partial charge in [0, 0.05) is 29.6 Å². The van der Waals surface area contributed by atoms with Crippen LogP contribution in [0.4, 0.5) is 10.5 Å². The first-order valence-corrected chi connectivity index (χ1v) is 10.3. The molecule has 0 radical (unpaired) electrons. The van der Waals surface area contributed by atoms with E-state index in [9.17, 15) is 9.59 Å². The van der Waals surface area contributed by atoms with Crippen LogP contribution in [0.1, 0.15) is 26.3 Å². The SMILES string of the molecule is COc1ccc2c3cnn(Cc4cccc(NC(=O)OC(C)(C)C)c4)c(=O)c3n(C)c2c1. The summed E-state index contributed by atoms with van der Waals surface area (Å²) in [4.78, 5) is 25.3. The molecule has 0 bridgehead atoms. The molecule has 0 aliphatic carbocycles. The third-order valence-electron chi connectivity index (χ3n) is 5.11. The molecule has 1 amide bonds. The van der Waals surface area contributed by atoms with Crippen LogP contribution in [0.25, 0.3) is 21.8 Å². The van der Waals surface area contributed by atoms with Crippen molar-refractivity contribution in [3.8, 4) is 5.75 Å². The minimum absolute atomic E-state index is 0.189. The van der Waals surface area contributed by atoms with E-state index in [1.807, 2.05) is 41.9 Å². The molecule has 0 spiro atoms. The summed E-state index contributed by atoms with van der Waals surface area (Å²) in [6.07, 6.45) is 1.19. The molecule has 0 fully saturated rings. The van der Waals surface area contributed by atoms with Crippen LogP contribution in [-0.2, 0) is 18.3 Å². The number of anilines is 1. The van der Waals surface area contributed by atoms with Crippen molar-refractivity contribution in [2.75, 3.05) is 12.4 Å². The fourth-order valence-electron chi connectivity index (χ4n) is 3.72. The van der Waals surface area contributed by atoms with Crippen molar-refractivity contribution in [2.45, 2.75) is 32.9 Å². The number of ether oxygens (including phenoxy) is 2. The fraction of sp³-hybridized carbons (Fsp3) is 0.292. The highest BCUT2D eigenvalue weighted by Crippen LogP contribution is 2.28. The number of aromatic nitrogens is 3. The third-order valence-corrected chi connectivity index (χ3v) is 5.11. The molecular formula is C24H26N4O4. The largest absolute Gasteiger partial charge is 0.497 e. The summed E-state index contributed by atoms with van der Waals surface area (Å²) in [6, 6.07) is 13.0. The minimum Gasteiger partial charge on any atom is -0.497 e. The average Bonchev–Trinajstić information content (AvgIpc) is 3.01. The molecule has 32 heavy (non-hydrogen) atoms. The van der Waals surface area contributed by atoms with Crippen molar-refractivity contribution in [2.24, 2.45) is 7.05 Å². The second-order valence-electron chi connectivity index (χ2n) is 8.64. The first-order valence-electron chi connectivity index (χ1n) is 10.3. The number of hydrogen-bond acceptors (Lipinski definition) is 5. The Morgan fingerprint density at radius 2 is 1.91 bits per heavy atom. The Balaban J connectivity index is 1.66. The number of nitrogens with one attached hydrogen (secondary N) is 1. The topological polar surface area (TPSA) is 87.4 Å². The Morgan fingerprint density at radius 1 is 1.12 bits per heavy atom. The molecule has 2 aromatic carbocycles. The molecule has 8 heteroatoms. The first-order chi connectivity index (χ1) is 15.2. The van der Waals surface area contributed by atoms with Crippen LogP contribution in [-0.4, -0.2) is 33.2 Å². The Kier molecular flexibility index (Phi) is 5.38. The molecule has 0 aliphatic heterocycles. The zero-order valence-electron chi connectivity index (χ0n) is 18.8. The highest BCUT2D eigenvalue weighted by molar-refractivity contribution is 6.07. The molecule has 1 N–H and O–H groups in total. The molecule has 0 aliphatic rings. The van der Waals surface area contributed by atoms with Gasteiger partial charge in [-0.25, -0.2) is 9.48 Å². The molecule has 4 rings (SSSR count). The zero-order valence-corrected chi connectivity index (χ0v) is 18.8. The number of amides is 1.